The van der Waals surface area contributed by atoms with E-state index < -0.39 is 0 Å². The van der Waals surface area contributed by atoms with Crippen molar-refractivity contribution in [1.29, 1.82) is 0 Å². The molecule has 3 heteroatoms. The van der Waals surface area contributed by atoms with Crippen molar-refractivity contribution in [3.63, 3.8) is 0 Å². The Kier molecular flexibility index (Phi) is 13.5. The molecule has 0 N–H and O–H groups in total. The molecule has 13 aromatic carbocycles. The van der Waals surface area contributed by atoms with Gasteiger partial charge < -0.3 is 14.4 Å². The molecule has 2 aliphatic rings. The standard InChI is InChI=1S/C88H71N3/c1-7-58(2)59-26-38-72(39-27-59)91-85-52-36-66(64-32-44-70(45-33-64)89(68-40-28-62(29-41-68)60-18-10-8-11-19-60)73-48-50-77-75-22-14-16-24-81(75)87(3,4)83(77)56-73)54-79(85)80-55-67(37-53-86(80)91)65-34-46-71(47-35-65)90(69-42-30-63(31-43-69)61-20-12-9-13-21-61)74-49-51-78-76-23-15-17-25-82(76)88(5,6)84(78)57-74/h8-58H,7H2,1-6H3. The zero-order chi connectivity index (χ0) is 61.5. The van der Waals surface area contributed by atoms with Gasteiger partial charge in [0.25, 0.3) is 0 Å². The van der Waals surface area contributed by atoms with Gasteiger partial charge in [-0.25, -0.2) is 0 Å². The third-order valence-corrected chi connectivity index (χ3v) is 20.1. The van der Waals surface area contributed by atoms with E-state index in [1.54, 1.807) is 0 Å². The molecule has 1 atom stereocenters. The van der Waals surface area contributed by atoms with Gasteiger partial charge in [-0.1, -0.05) is 236 Å². The van der Waals surface area contributed by atoms with E-state index in [9.17, 15) is 0 Å². The van der Waals surface area contributed by atoms with Gasteiger partial charge in [-0.05, 0) is 216 Å². The van der Waals surface area contributed by atoms with Gasteiger partial charge in [0.15, 0.2) is 0 Å². The highest BCUT2D eigenvalue weighted by Gasteiger charge is 2.37. The van der Waals surface area contributed by atoms with E-state index in [0.717, 1.165) is 57.4 Å². The molecule has 2 aliphatic carbocycles. The van der Waals surface area contributed by atoms with Crippen molar-refractivity contribution in [3.8, 4) is 72.4 Å². The van der Waals surface area contributed by atoms with Crippen molar-refractivity contribution in [2.45, 2.75) is 64.7 Å². The predicted octanol–water partition coefficient (Wildman–Crippen LogP) is 24.5. The number of aromatic nitrogens is 1. The third-order valence-electron chi connectivity index (χ3n) is 20.1. The van der Waals surface area contributed by atoms with E-state index in [2.05, 4.69) is 359 Å². The van der Waals surface area contributed by atoms with Crippen LogP contribution < -0.4 is 9.80 Å². The second-order valence-corrected chi connectivity index (χ2v) is 26.1. The van der Waals surface area contributed by atoms with E-state index in [4.69, 9.17) is 0 Å². The maximum atomic E-state index is 2.46. The Labute approximate surface area is 535 Å². The summed E-state index contributed by atoms with van der Waals surface area (Å²) in [4.78, 5) is 4.84. The molecular formula is C88H71N3. The molecule has 1 heterocycles. The minimum Gasteiger partial charge on any atom is -0.310 e. The summed E-state index contributed by atoms with van der Waals surface area (Å²) in [5.74, 6) is 0.492. The van der Waals surface area contributed by atoms with Crippen LogP contribution in [0, 0.1) is 0 Å². The van der Waals surface area contributed by atoms with E-state index >= 15 is 0 Å². The lowest BCUT2D eigenvalue weighted by Gasteiger charge is -2.28. The Morgan fingerprint density at radius 2 is 0.615 bits per heavy atom. The van der Waals surface area contributed by atoms with Crippen LogP contribution in [0.25, 0.3) is 94.3 Å². The molecule has 0 radical (unpaired) electrons. The number of nitrogens with zero attached hydrogens (tertiary/aromatic N) is 3. The average molecular weight is 1170 g/mol. The van der Waals surface area contributed by atoms with Gasteiger partial charge in [0, 0.05) is 61.4 Å². The van der Waals surface area contributed by atoms with Crippen LogP contribution in [0.2, 0.25) is 0 Å². The Hall–Kier alpha value is -10.7. The molecule has 0 bridgehead atoms. The van der Waals surface area contributed by atoms with Crippen molar-refractivity contribution in [2.75, 3.05) is 9.80 Å². The Balaban J connectivity index is 0.779. The Bertz CT molecular complexity index is 4760. The molecule has 0 amide bonds. The SMILES string of the molecule is CCC(C)c1ccc(-n2c3ccc(-c4ccc(N(c5ccc(-c6ccccc6)cc5)c5ccc6c(c5)C(C)(C)c5ccccc5-6)cc4)cc3c3cc(-c4ccc(N(c5ccc(-c6ccccc6)cc5)c5ccc6c(c5)C(C)(C)c5ccccc5-6)cc4)ccc32)cc1. The van der Waals surface area contributed by atoms with E-state index in [1.165, 1.54) is 105 Å². The van der Waals surface area contributed by atoms with Gasteiger partial charge in [-0.3, -0.25) is 0 Å². The molecule has 0 saturated carbocycles. The largest absolute Gasteiger partial charge is 0.310 e. The zero-order valence-corrected chi connectivity index (χ0v) is 52.5. The smallest absolute Gasteiger partial charge is 0.0541 e. The highest BCUT2D eigenvalue weighted by atomic mass is 15.1. The van der Waals surface area contributed by atoms with Crippen LogP contribution >= 0.6 is 0 Å². The monoisotopic (exact) mass is 1170 g/mol. The number of hydrogen-bond donors (Lipinski definition) is 0. The number of fused-ring (bicyclic) bond motifs is 9. The first kappa shape index (κ1) is 55.6. The van der Waals surface area contributed by atoms with Crippen LogP contribution in [-0.4, -0.2) is 4.57 Å². The molecule has 1 aromatic heterocycles. The molecule has 0 aliphatic heterocycles. The maximum absolute atomic E-state index is 2.46. The van der Waals surface area contributed by atoms with Gasteiger partial charge in [0.05, 0.1) is 11.0 Å². The first-order chi connectivity index (χ1) is 44.5. The van der Waals surface area contributed by atoms with Crippen LogP contribution in [0.1, 0.15) is 81.7 Å². The molecule has 16 rings (SSSR count). The van der Waals surface area contributed by atoms with Gasteiger partial charge in [0.1, 0.15) is 0 Å². The lowest BCUT2D eigenvalue weighted by molar-refractivity contribution is 0.660. The summed E-state index contributed by atoms with van der Waals surface area (Å²) in [5, 5.41) is 2.43. The van der Waals surface area contributed by atoms with Gasteiger partial charge in [-0.2, -0.15) is 0 Å². The summed E-state index contributed by atoms with van der Waals surface area (Å²) in [6.45, 7) is 14.0. The maximum Gasteiger partial charge on any atom is 0.0541 e. The lowest BCUT2D eigenvalue weighted by atomic mass is 9.82. The van der Waals surface area contributed by atoms with Crippen LogP contribution in [0.5, 0.6) is 0 Å². The molecule has 0 fully saturated rings. The Morgan fingerprint density at radius 3 is 1.00 bits per heavy atom. The van der Waals surface area contributed by atoms with Gasteiger partial charge in [0.2, 0.25) is 0 Å². The minimum absolute atomic E-state index is 0.131. The molecule has 14 aromatic rings. The first-order valence-electron chi connectivity index (χ1n) is 32.3. The van der Waals surface area contributed by atoms with Crippen molar-refractivity contribution in [3.05, 3.63) is 331 Å². The summed E-state index contributed by atoms with van der Waals surface area (Å²) < 4.78 is 2.46. The van der Waals surface area contributed by atoms with Gasteiger partial charge in [-0.15, -0.1) is 0 Å². The van der Waals surface area contributed by atoms with Crippen molar-refractivity contribution in [2.24, 2.45) is 0 Å². The average Bonchev–Trinajstić information content (AvgIpc) is 1.64. The van der Waals surface area contributed by atoms with Crippen LogP contribution in [0.3, 0.4) is 0 Å². The molecule has 3 nitrogen and oxygen atoms in total. The van der Waals surface area contributed by atoms with Crippen LogP contribution in [-0.2, 0) is 10.8 Å². The zero-order valence-electron chi connectivity index (χ0n) is 52.5. The lowest BCUT2D eigenvalue weighted by Crippen LogP contribution is -2.16. The molecule has 91 heavy (non-hydrogen) atoms. The van der Waals surface area contributed by atoms with Crippen molar-refractivity contribution in [1.82, 2.24) is 4.57 Å². The highest BCUT2D eigenvalue weighted by Crippen LogP contribution is 2.53. The van der Waals surface area contributed by atoms with Crippen molar-refractivity contribution < 1.29 is 0 Å². The van der Waals surface area contributed by atoms with Gasteiger partial charge >= 0.3 is 0 Å². The number of rotatable bonds is 13. The number of anilines is 6. The van der Waals surface area contributed by atoms with Crippen molar-refractivity contribution >= 4 is 55.9 Å². The first-order valence-corrected chi connectivity index (χ1v) is 32.3. The molecule has 438 valence electrons. The molecule has 0 spiro atoms. The highest BCUT2D eigenvalue weighted by molar-refractivity contribution is 6.12. The van der Waals surface area contributed by atoms with E-state index in [0.29, 0.717) is 5.92 Å². The quantitative estimate of drug-likeness (QED) is 0.114. The second kappa shape index (κ2) is 22.1. The third kappa shape index (κ3) is 9.49. The molecule has 0 saturated heterocycles. The summed E-state index contributed by atoms with van der Waals surface area (Å²) in [5.41, 5.74) is 31.5. The number of benzene rings is 13. The minimum atomic E-state index is -0.131. The molecular weight excluding hydrogens is 1100 g/mol. The predicted molar refractivity (Wildman–Crippen MR) is 386 cm³/mol. The van der Waals surface area contributed by atoms with Crippen LogP contribution in [0.4, 0.5) is 34.1 Å². The fraction of sp³-hybridized carbons (Fsp3) is 0.114. The van der Waals surface area contributed by atoms with E-state index in [-0.39, 0.29) is 10.8 Å². The van der Waals surface area contributed by atoms with Crippen LogP contribution in [0.15, 0.2) is 303 Å². The van der Waals surface area contributed by atoms with E-state index in [1.807, 2.05) is 0 Å². The second-order valence-electron chi connectivity index (χ2n) is 26.1. The fourth-order valence-corrected chi connectivity index (χ4v) is 14.9. The summed E-state index contributed by atoms with van der Waals surface area (Å²) in [6, 6.07) is 113. The summed E-state index contributed by atoms with van der Waals surface area (Å²) in [6.07, 6.45) is 1.10. The number of hydrogen-bond acceptors (Lipinski definition) is 2. The molecule has 1 unspecified atom stereocenters. The fourth-order valence-electron chi connectivity index (χ4n) is 14.9. The summed E-state index contributed by atoms with van der Waals surface area (Å²) in [7, 11) is 0. The normalized spacial score (nSPS) is 13.6. The topological polar surface area (TPSA) is 11.4 Å². The Morgan fingerprint density at radius 1 is 0.297 bits per heavy atom. The summed E-state index contributed by atoms with van der Waals surface area (Å²) >= 11 is 0.